The molecule has 3 aromatic rings. The average Bonchev–Trinajstić information content (AvgIpc) is 3.24. The molecule has 1 N–H and O–H groups in total. The molecule has 2 amide bonds. The number of nitrogens with one attached hydrogen (secondary N) is 1. The second-order valence-electron chi connectivity index (χ2n) is 8.18. The molecule has 1 fully saturated rings. The van der Waals surface area contributed by atoms with E-state index in [-0.39, 0.29) is 11.8 Å². The molecule has 6 nitrogen and oxygen atoms in total. The van der Waals surface area contributed by atoms with Gasteiger partial charge in [-0.2, -0.15) is 0 Å². The van der Waals surface area contributed by atoms with E-state index < -0.39 is 6.04 Å². The summed E-state index contributed by atoms with van der Waals surface area (Å²) in [6.45, 7) is 5.63. The van der Waals surface area contributed by atoms with Crippen LogP contribution in [0.2, 0.25) is 5.02 Å². The first kappa shape index (κ1) is 23.4. The van der Waals surface area contributed by atoms with Crippen molar-refractivity contribution in [3.05, 3.63) is 86.8 Å². The van der Waals surface area contributed by atoms with E-state index in [0.717, 1.165) is 35.9 Å². The zero-order valence-corrected chi connectivity index (χ0v) is 20.1. The normalized spacial score (nSPS) is 15.3. The fourth-order valence-corrected chi connectivity index (χ4v) is 4.68. The van der Waals surface area contributed by atoms with Crippen molar-refractivity contribution in [2.45, 2.75) is 25.9 Å². The zero-order valence-electron chi connectivity index (χ0n) is 18.5. The predicted molar refractivity (Wildman–Crippen MR) is 132 cm³/mol. The summed E-state index contributed by atoms with van der Waals surface area (Å²) in [7, 11) is 0. The van der Waals surface area contributed by atoms with E-state index >= 15 is 0 Å². The van der Waals surface area contributed by atoms with Crippen molar-refractivity contribution in [1.82, 2.24) is 20.1 Å². The smallest absolute Gasteiger partial charge is 0.251 e. The molecule has 1 saturated heterocycles. The highest BCUT2D eigenvalue weighted by Gasteiger charge is 2.29. The highest BCUT2D eigenvalue weighted by molar-refractivity contribution is 7.09. The summed E-state index contributed by atoms with van der Waals surface area (Å²) in [5, 5.41) is 6.68. The van der Waals surface area contributed by atoms with E-state index in [1.54, 1.807) is 35.6 Å². The average molecular weight is 483 g/mol. The van der Waals surface area contributed by atoms with Crippen molar-refractivity contribution in [2.24, 2.45) is 0 Å². The Morgan fingerprint density at radius 2 is 1.76 bits per heavy atom. The van der Waals surface area contributed by atoms with E-state index in [1.807, 2.05) is 42.2 Å². The van der Waals surface area contributed by atoms with Gasteiger partial charge in [-0.1, -0.05) is 41.9 Å². The second-order valence-corrected chi connectivity index (χ2v) is 9.68. The molecule has 1 aliphatic heterocycles. The van der Waals surface area contributed by atoms with Gasteiger partial charge in [-0.3, -0.25) is 14.5 Å². The van der Waals surface area contributed by atoms with Crippen molar-refractivity contribution in [1.29, 1.82) is 0 Å². The van der Waals surface area contributed by atoms with Crippen LogP contribution in [-0.2, 0) is 17.8 Å². The van der Waals surface area contributed by atoms with Crippen LogP contribution in [0.3, 0.4) is 0 Å². The first-order valence-corrected chi connectivity index (χ1v) is 12.3. The summed E-state index contributed by atoms with van der Waals surface area (Å²) in [6, 6.07) is 15.8. The summed E-state index contributed by atoms with van der Waals surface area (Å²) >= 11 is 7.60. The van der Waals surface area contributed by atoms with E-state index in [1.165, 1.54) is 0 Å². The van der Waals surface area contributed by atoms with Crippen LogP contribution in [0.25, 0.3) is 0 Å². The molecule has 1 atom stereocenters. The van der Waals surface area contributed by atoms with Crippen LogP contribution in [0.4, 0.5) is 0 Å². The SMILES string of the molecule is Cc1nc(CN2CCN(C(=O)C(Cc3ccccc3)NC(=O)c3ccc(Cl)cc3)CC2)cs1. The molecule has 2 aromatic carbocycles. The number of amides is 2. The number of carbonyl (C=O) groups is 2. The van der Waals surface area contributed by atoms with Gasteiger partial charge in [-0.25, -0.2) is 4.98 Å². The van der Waals surface area contributed by atoms with Gasteiger partial charge in [-0.15, -0.1) is 11.3 Å². The number of thiazole rings is 1. The number of hydrogen-bond donors (Lipinski definition) is 1. The Labute approximate surface area is 203 Å². The maximum Gasteiger partial charge on any atom is 0.251 e. The Morgan fingerprint density at radius 1 is 1.06 bits per heavy atom. The molecule has 0 aliphatic carbocycles. The monoisotopic (exact) mass is 482 g/mol. The van der Waals surface area contributed by atoms with Crippen LogP contribution in [0.15, 0.2) is 60.0 Å². The second kappa shape index (κ2) is 10.9. The minimum absolute atomic E-state index is 0.0506. The highest BCUT2D eigenvalue weighted by atomic mass is 35.5. The quantitative estimate of drug-likeness (QED) is 0.556. The Bertz CT molecular complexity index is 1080. The van der Waals surface area contributed by atoms with E-state index in [2.05, 4.69) is 20.6 Å². The molecule has 0 saturated carbocycles. The third-order valence-corrected chi connectivity index (χ3v) is 6.80. The van der Waals surface area contributed by atoms with Crippen LogP contribution in [0.5, 0.6) is 0 Å². The molecule has 0 bridgehead atoms. The molecule has 4 rings (SSSR count). The first-order chi connectivity index (χ1) is 16.0. The zero-order chi connectivity index (χ0) is 23.2. The molecule has 0 radical (unpaired) electrons. The van der Waals surface area contributed by atoms with Crippen LogP contribution >= 0.6 is 22.9 Å². The van der Waals surface area contributed by atoms with Crippen LogP contribution in [0, 0.1) is 6.92 Å². The van der Waals surface area contributed by atoms with Gasteiger partial charge < -0.3 is 10.2 Å². The van der Waals surface area contributed by atoms with Gasteiger partial charge in [0.1, 0.15) is 6.04 Å². The number of benzene rings is 2. The first-order valence-electron chi connectivity index (χ1n) is 11.0. The minimum atomic E-state index is -0.636. The van der Waals surface area contributed by atoms with Gasteiger partial charge in [0, 0.05) is 55.1 Å². The molecule has 8 heteroatoms. The van der Waals surface area contributed by atoms with Crippen molar-refractivity contribution < 1.29 is 9.59 Å². The van der Waals surface area contributed by atoms with E-state index in [9.17, 15) is 9.59 Å². The third-order valence-electron chi connectivity index (χ3n) is 5.73. The molecule has 2 heterocycles. The number of rotatable bonds is 7. The van der Waals surface area contributed by atoms with Gasteiger partial charge in [0.25, 0.3) is 5.91 Å². The van der Waals surface area contributed by atoms with E-state index in [4.69, 9.17) is 11.6 Å². The Balaban J connectivity index is 1.41. The summed E-state index contributed by atoms with van der Waals surface area (Å²) < 4.78 is 0. The Morgan fingerprint density at radius 3 is 2.39 bits per heavy atom. The Kier molecular flexibility index (Phi) is 7.75. The Hall–Kier alpha value is -2.74. The number of halogens is 1. The number of hydrogen-bond acceptors (Lipinski definition) is 5. The highest BCUT2D eigenvalue weighted by Crippen LogP contribution is 2.15. The lowest BCUT2D eigenvalue weighted by Gasteiger charge is -2.36. The van der Waals surface area contributed by atoms with Crippen LogP contribution in [-0.4, -0.2) is 58.8 Å². The maximum absolute atomic E-state index is 13.5. The van der Waals surface area contributed by atoms with Crippen molar-refractivity contribution in [2.75, 3.05) is 26.2 Å². The van der Waals surface area contributed by atoms with Gasteiger partial charge in [0.2, 0.25) is 5.91 Å². The van der Waals surface area contributed by atoms with Gasteiger partial charge in [0.05, 0.1) is 10.7 Å². The molecular formula is C25H27ClN4O2S. The molecule has 1 unspecified atom stereocenters. The largest absolute Gasteiger partial charge is 0.340 e. The lowest BCUT2D eigenvalue weighted by molar-refractivity contribution is -0.135. The molecule has 172 valence electrons. The number of aromatic nitrogens is 1. The van der Waals surface area contributed by atoms with E-state index in [0.29, 0.717) is 30.1 Å². The van der Waals surface area contributed by atoms with Crippen molar-refractivity contribution in [3.8, 4) is 0 Å². The van der Waals surface area contributed by atoms with Gasteiger partial charge >= 0.3 is 0 Å². The molecule has 1 aromatic heterocycles. The summed E-state index contributed by atoms with van der Waals surface area (Å²) in [6.07, 6.45) is 0.442. The van der Waals surface area contributed by atoms with Crippen LogP contribution in [0.1, 0.15) is 26.6 Å². The standard InChI is InChI=1S/C25H27ClN4O2S/c1-18-27-22(17-33-18)16-29-11-13-30(14-12-29)25(32)23(15-19-5-3-2-4-6-19)28-24(31)20-7-9-21(26)10-8-20/h2-10,17,23H,11-16H2,1H3,(H,28,31). The molecule has 33 heavy (non-hydrogen) atoms. The molecule has 0 spiro atoms. The van der Waals surface area contributed by atoms with Crippen molar-refractivity contribution >= 4 is 34.8 Å². The molecular weight excluding hydrogens is 456 g/mol. The number of aryl methyl sites for hydroxylation is 1. The maximum atomic E-state index is 13.5. The number of piperazine rings is 1. The minimum Gasteiger partial charge on any atom is -0.340 e. The summed E-state index contributed by atoms with van der Waals surface area (Å²) in [4.78, 5) is 35.0. The molecule has 1 aliphatic rings. The summed E-state index contributed by atoms with van der Waals surface area (Å²) in [5.74, 6) is -0.330. The lowest BCUT2D eigenvalue weighted by atomic mass is 10.0. The van der Waals surface area contributed by atoms with Crippen molar-refractivity contribution in [3.63, 3.8) is 0 Å². The predicted octanol–water partition coefficient (Wildman–Crippen LogP) is 3.79. The summed E-state index contributed by atoms with van der Waals surface area (Å²) in [5.41, 5.74) is 2.56. The topological polar surface area (TPSA) is 65.5 Å². The number of nitrogens with zero attached hydrogens (tertiary/aromatic N) is 3. The van der Waals surface area contributed by atoms with Gasteiger partial charge in [-0.05, 0) is 36.8 Å². The van der Waals surface area contributed by atoms with Gasteiger partial charge in [0.15, 0.2) is 0 Å². The lowest BCUT2D eigenvalue weighted by Crippen LogP contribution is -2.55. The number of carbonyl (C=O) groups excluding carboxylic acids is 2. The third kappa shape index (κ3) is 6.41. The fraction of sp³-hybridized carbons (Fsp3) is 0.320. The fourth-order valence-electron chi connectivity index (χ4n) is 3.95. The van der Waals surface area contributed by atoms with Crippen LogP contribution < -0.4 is 5.32 Å².